The van der Waals surface area contributed by atoms with E-state index in [1.165, 1.54) is 11.3 Å². The molecule has 1 aromatic carbocycles. The number of nitrogens with two attached hydrogens (primary N) is 2. The van der Waals surface area contributed by atoms with E-state index in [2.05, 4.69) is 4.98 Å². The number of amides is 1. The Labute approximate surface area is 113 Å². The maximum Gasteiger partial charge on any atom is 0.248 e. The smallest absolute Gasteiger partial charge is 0.248 e. The number of nitrogen functional groups attached to an aromatic ring is 1. The molecule has 1 amide bonds. The Morgan fingerprint density at radius 3 is 2.89 bits per heavy atom. The molecular formula is C12H13N3OS2. The molecule has 94 valence electrons. The van der Waals surface area contributed by atoms with Gasteiger partial charge in [0.15, 0.2) is 5.13 Å². The Morgan fingerprint density at radius 2 is 2.28 bits per heavy atom. The number of carbonyl (C=O) groups is 1. The van der Waals surface area contributed by atoms with Gasteiger partial charge in [0, 0.05) is 11.3 Å². The fourth-order valence-corrected chi connectivity index (χ4v) is 3.47. The van der Waals surface area contributed by atoms with E-state index in [1.807, 2.05) is 25.1 Å². The zero-order chi connectivity index (χ0) is 13.1. The lowest BCUT2D eigenvalue weighted by atomic mass is 10.1. The number of primary amides is 1. The molecule has 1 aromatic heterocycles. The van der Waals surface area contributed by atoms with Crippen LogP contribution in [0.5, 0.6) is 0 Å². The molecule has 0 aliphatic rings. The number of hydrogen-bond donors (Lipinski definition) is 2. The van der Waals surface area contributed by atoms with Gasteiger partial charge >= 0.3 is 0 Å². The molecule has 0 atom stereocenters. The SMILES string of the molecule is Cc1nc(N)sc1SCc1cccc(C(N)=O)c1. The highest BCUT2D eigenvalue weighted by Crippen LogP contribution is 2.32. The van der Waals surface area contributed by atoms with Crippen LogP contribution in [0.4, 0.5) is 5.13 Å². The molecule has 0 radical (unpaired) electrons. The topological polar surface area (TPSA) is 82.0 Å². The number of nitrogens with zero attached hydrogens (tertiary/aromatic N) is 1. The van der Waals surface area contributed by atoms with Crippen molar-refractivity contribution in [2.24, 2.45) is 5.73 Å². The van der Waals surface area contributed by atoms with E-state index in [9.17, 15) is 4.79 Å². The molecule has 0 aliphatic heterocycles. The average Bonchev–Trinajstić information content (AvgIpc) is 2.65. The number of hydrogen-bond acceptors (Lipinski definition) is 5. The molecule has 6 heteroatoms. The van der Waals surface area contributed by atoms with E-state index in [4.69, 9.17) is 11.5 Å². The Balaban J connectivity index is 2.08. The molecule has 4 N–H and O–H groups in total. The molecule has 0 saturated carbocycles. The number of rotatable bonds is 4. The standard InChI is InChI=1S/C12H13N3OS2/c1-7-11(18-12(14)15-7)17-6-8-3-2-4-9(5-8)10(13)16/h2-5H,6H2,1H3,(H2,13,16)(H2,14,15). The van der Waals surface area contributed by atoms with E-state index in [0.717, 1.165) is 21.2 Å². The van der Waals surface area contributed by atoms with Gasteiger partial charge < -0.3 is 11.5 Å². The van der Waals surface area contributed by atoms with Crippen molar-refractivity contribution >= 4 is 34.1 Å². The molecule has 0 bridgehead atoms. The van der Waals surface area contributed by atoms with Gasteiger partial charge in [0.1, 0.15) is 0 Å². The quantitative estimate of drug-likeness (QED) is 0.842. The zero-order valence-electron chi connectivity index (χ0n) is 9.84. The van der Waals surface area contributed by atoms with Crippen LogP contribution in [0.15, 0.2) is 28.5 Å². The number of aryl methyl sites for hydroxylation is 1. The number of benzene rings is 1. The first-order valence-corrected chi connectivity index (χ1v) is 7.11. The highest BCUT2D eigenvalue weighted by atomic mass is 32.2. The van der Waals surface area contributed by atoms with E-state index in [1.54, 1.807) is 17.8 Å². The maximum atomic E-state index is 11.1. The van der Waals surface area contributed by atoms with Gasteiger partial charge in [-0.1, -0.05) is 23.5 Å². The lowest BCUT2D eigenvalue weighted by Crippen LogP contribution is -2.10. The average molecular weight is 279 g/mol. The third-order valence-electron chi connectivity index (χ3n) is 2.35. The van der Waals surface area contributed by atoms with Crippen LogP contribution in [0, 0.1) is 6.92 Å². The summed E-state index contributed by atoms with van der Waals surface area (Å²) in [4.78, 5) is 15.2. The second kappa shape index (κ2) is 5.41. The second-order valence-electron chi connectivity index (χ2n) is 3.78. The van der Waals surface area contributed by atoms with Gasteiger partial charge in [-0.2, -0.15) is 0 Å². The third kappa shape index (κ3) is 3.02. The molecule has 1 heterocycles. The first-order chi connectivity index (χ1) is 8.56. The van der Waals surface area contributed by atoms with Gasteiger partial charge in [0.2, 0.25) is 5.91 Å². The summed E-state index contributed by atoms with van der Waals surface area (Å²) in [6, 6.07) is 7.34. The molecule has 2 rings (SSSR count). The van der Waals surface area contributed by atoms with E-state index >= 15 is 0 Å². The van der Waals surface area contributed by atoms with Crippen LogP contribution in [0.1, 0.15) is 21.6 Å². The van der Waals surface area contributed by atoms with Gasteiger partial charge in [0.25, 0.3) is 0 Å². The number of carbonyl (C=O) groups excluding carboxylic acids is 1. The molecule has 0 unspecified atom stereocenters. The van der Waals surface area contributed by atoms with E-state index < -0.39 is 5.91 Å². The summed E-state index contributed by atoms with van der Waals surface area (Å²) >= 11 is 3.15. The van der Waals surface area contributed by atoms with Crippen LogP contribution in [-0.2, 0) is 5.75 Å². The van der Waals surface area contributed by atoms with Gasteiger partial charge in [-0.25, -0.2) is 4.98 Å². The van der Waals surface area contributed by atoms with Crippen LogP contribution in [0.25, 0.3) is 0 Å². The molecule has 0 saturated heterocycles. The maximum absolute atomic E-state index is 11.1. The number of aromatic nitrogens is 1. The summed E-state index contributed by atoms with van der Waals surface area (Å²) < 4.78 is 1.11. The first kappa shape index (κ1) is 12.9. The van der Waals surface area contributed by atoms with Crippen LogP contribution in [-0.4, -0.2) is 10.9 Å². The number of thioether (sulfide) groups is 1. The Hall–Kier alpha value is -1.53. The van der Waals surface area contributed by atoms with Crippen LogP contribution in [0.2, 0.25) is 0 Å². The molecule has 2 aromatic rings. The van der Waals surface area contributed by atoms with Crippen molar-refractivity contribution in [3.05, 3.63) is 41.1 Å². The number of thiazole rings is 1. The minimum Gasteiger partial charge on any atom is -0.375 e. The van der Waals surface area contributed by atoms with Crippen LogP contribution in [0.3, 0.4) is 0 Å². The minimum atomic E-state index is -0.403. The first-order valence-electron chi connectivity index (χ1n) is 5.30. The van der Waals surface area contributed by atoms with Crippen molar-refractivity contribution in [1.82, 2.24) is 4.98 Å². The molecular weight excluding hydrogens is 266 g/mol. The summed E-state index contributed by atoms with van der Waals surface area (Å²) in [5.74, 6) is 0.365. The predicted octanol–water partition coefficient (Wildman–Crippen LogP) is 2.42. The normalized spacial score (nSPS) is 10.5. The summed E-state index contributed by atoms with van der Waals surface area (Å²) in [6.45, 7) is 1.94. The Kier molecular flexibility index (Phi) is 3.88. The molecule has 18 heavy (non-hydrogen) atoms. The highest BCUT2D eigenvalue weighted by Gasteiger charge is 2.07. The summed E-state index contributed by atoms with van der Waals surface area (Å²) in [5.41, 5.74) is 13.4. The van der Waals surface area contributed by atoms with Crippen molar-refractivity contribution < 1.29 is 4.79 Å². The van der Waals surface area contributed by atoms with Crippen molar-refractivity contribution in [3.63, 3.8) is 0 Å². The predicted molar refractivity (Wildman–Crippen MR) is 75.8 cm³/mol. The zero-order valence-corrected chi connectivity index (χ0v) is 11.5. The van der Waals surface area contributed by atoms with Crippen molar-refractivity contribution in [1.29, 1.82) is 0 Å². The van der Waals surface area contributed by atoms with Crippen LogP contribution < -0.4 is 11.5 Å². The Morgan fingerprint density at radius 1 is 1.50 bits per heavy atom. The fraction of sp³-hybridized carbons (Fsp3) is 0.167. The summed E-state index contributed by atoms with van der Waals surface area (Å²) in [7, 11) is 0. The van der Waals surface area contributed by atoms with Crippen molar-refractivity contribution in [3.8, 4) is 0 Å². The van der Waals surface area contributed by atoms with Gasteiger partial charge in [0.05, 0.1) is 9.90 Å². The highest BCUT2D eigenvalue weighted by molar-refractivity contribution is 8.00. The van der Waals surface area contributed by atoms with Gasteiger partial charge in [-0.3, -0.25) is 4.79 Å². The summed E-state index contributed by atoms with van der Waals surface area (Å²) in [5, 5.41) is 0.584. The van der Waals surface area contributed by atoms with Crippen molar-refractivity contribution in [2.45, 2.75) is 16.9 Å². The molecule has 0 spiro atoms. The van der Waals surface area contributed by atoms with Crippen molar-refractivity contribution in [2.75, 3.05) is 5.73 Å². The van der Waals surface area contributed by atoms with E-state index in [0.29, 0.717) is 10.7 Å². The third-order valence-corrected chi connectivity index (χ3v) is 4.77. The van der Waals surface area contributed by atoms with Gasteiger partial charge in [-0.05, 0) is 24.6 Å². The largest absolute Gasteiger partial charge is 0.375 e. The second-order valence-corrected chi connectivity index (χ2v) is 6.05. The minimum absolute atomic E-state index is 0.403. The monoisotopic (exact) mass is 279 g/mol. The Bertz CT molecular complexity index is 580. The number of anilines is 1. The molecule has 4 nitrogen and oxygen atoms in total. The lowest BCUT2D eigenvalue weighted by Gasteiger charge is -2.02. The van der Waals surface area contributed by atoms with Crippen LogP contribution >= 0.6 is 23.1 Å². The fourth-order valence-electron chi connectivity index (χ4n) is 1.50. The summed E-state index contributed by atoms with van der Waals surface area (Å²) in [6.07, 6.45) is 0. The van der Waals surface area contributed by atoms with Gasteiger partial charge in [-0.15, -0.1) is 11.8 Å². The van der Waals surface area contributed by atoms with E-state index in [-0.39, 0.29) is 0 Å². The molecule has 0 aliphatic carbocycles. The molecule has 0 fully saturated rings. The lowest BCUT2D eigenvalue weighted by molar-refractivity contribution is 0.1000.